The Bertz CT molecular complexity index is 554. The van der Waals surface area contributed by atoms with Gasteiger partial charge in [-0.15, -0.1) is 0 Å². The summed E-state index contributed by atoms with van der Waals surface area (Å²) >= 11 is 0. The van der Waals surface area contributed by atoms with E-state index in [0.717, 1.165) is 63.3 Å². The van der Waals surface area contributed by atoms with Gasteiger partial charge in [0.15, 0.2) is 0 Å². The first-order valence-electron chi connectivity index (χ1n) is 12.4. The van der Waals surface area contributed by atoms with Crippen LogP contribution < -0.4 is 0 Å². The maximum Gasteiger partial charge on any atom is -0.00762 e. The van der Waals surface area contributed by atoms with Crippen LogP contribution in [0.5, 0.6) is 0 Å². The minimum Gasteiger partial charge on any atom is -0.238 e. The third-order valence-electron chi connectivity index (χ3n) is 10.9. The molecule has 0 bridgehead atoms. The molecule has 2 saturated heterocycles. The van der Waals surface area contributed by atoms with Crippen LogP contribution in [0.25, 0.3) is 0 Å². The molecule has 2 aliphatic heterocycles. The average Bonchev–Trinajstić information content (AvgIpc) is 2.76. The molecule has 27 heavy (non-hydrogen) atoms. The lowest BCUT2D eigenvalue weighted by atomic mass is 9.50. The summed E-state index contributed by atoms with van der Waals surface area (Å²) < 4.78 is 0. The number of hydrogen-bond donors (Lipinski definition) is 0. The van der Waals surface area contributed by atoms with Crippen LogP contribution in [0.4, 0.5) is 0 Å². The van der Waals surface area contributed by atoms with E-state index in [-0.39, 0.29) is 10.0 Å². The van der Waals surface area contributed by atoms with E-state index in [1.807, 2.05) is 0 Å². The highest BCUT2D eigenvalue weighted by Crippen LogP contribution is 2.72. The summed E-state index contributed by atoms with van der Waals surface area (Å²) in [5.41, 5.74) is 0.726. The monoisotopic (exact) mass is 392 g/mol. The Hall–Kier alpha value is 0.350. The molecule has 11 unspecified atom stereocenters. The van der Waals surface area contributed by atoms with E-state index in [9.17, 15) is 0 Å². The van der Waals surface area contributed by atoms with Crippen LogP contribution in [-0.2, 0) is 0 Å². The second-order valence-electron chi connectivity index (χ2n) is 12.4. The van der Waals surface area contributed by atoms with E-state index in [1.165, 1.54) is 12.8 Å². The minimum absolute atomic E-state index is 0.361. The molecular weight excluding hydrogens is 344 g/mol. The lowest BCUT2D eigenvalue weighted by Gasteiger charge is -2.64. The smallest absolute Gasteiger partial charge is 0.00762 e. The molecule has 0 aromatic heterocycles. The van der Waals surface area contributed by atoms with Crippen molar-refractivity contribution in [1.29, 1.82) is 0 Å². The van der Waals surface area contributed by atoms with E-state index in [4.69, 9.17) is 0 Å². The molecule has 0 N–H and O–H groups in total. The third kappa shape index (κ3) is 2.90. The predicted molar refractivity (Wildman–Crippen MR) is 124 cm³/mol. The molecule has 4 aliphatic rings. The van der Waals surface area contributed by atoms with Gasteiger partial charge in [-0.2, -0.15) is 0 Å². The normalized spacial score (nSPS) is 60.3. The van der Waals surface area contributed by atoms with E-state index >= 15 is 0 Å². The van der Waals surface area contributed by atoms with Crippen molar-refractivity contribution in [2.45, 2.75) is 97.5 Å². The summed E-state index contributed by atoms with van der Waals surface area (Å²) in [6, 6.07) is 0. The molecule has 4 fully saturated rings. The summed E-state index contributed by atoms with van der Waals surface area (Å²) in [6.45, 7) is 18.3. The van der Waals surface area contributed by atoms with Gasteiger partial charge in [-0.3, -0.25) is 0 Å². The third-order valence-corrected chi connectivity index (χ3v) is 16.1. The first kappa shape index (κ1) is 20.6. The molecule has 2 saturated carbocycles. The first-order valence-corrected chi connectivity index (χ1v) is 14.7. The standard InChI is InChI=1S/C26H48S/c1-16(2)15-26-11-9-22(26)13-17(3)25(26)23-14-18(4)27(8)12-10-24(27)21(7)19(5)20(23)6/h16-25H,9-15H2,1-8H3. The first-order chi connectivity index (χ1) is 12.6. The van der Waals surface area contributed by atoms with Crippen LogP contribution in [0.15, 0.2) is 0 Å². The van der Waals surface area contributed by atoms with Crippen molar-refractivity contribution in [2.24, 2.45) is 52.8 Å². The zero-order valence-corrected chi connectivity index (χ0v) is 20.4. The fourth-order valence-electron chi connectivity index (χ4n) is 9.06. The van der Waals surface area contributed by atoms with Gasteiger partial charge in [0.25, 0.3) is 0 Å². The average molecular weight is 393 g/mol. The lowest BCUT2D eigenvalue weighted by molar-refractivity contribution is -0.0537. The molecule has 0 nitrogen and oxygen atoms in total. The Morgan fingerprint density at radius 2 is 1.63 bits per heavy atom. The maximum atomic E-state index is 2.75. The number of fused-ring (bicyclic) bond motifs is 2. The molecule has 0 spiro atoms. The van der Waals surface area contributed by atoms with E-state index in [1.54, 1.807) is 31.4 Å². The highest BCUT2D eigenvalue weighted by atomic mass is 32.3. The molecule has 0 aromatic carbocycles. The zero-order valence-electron chi connectivity index (χ0n) is 19.6. The quantitative estimate of drug-likeness (QED) is 0.463. The zero-order chi connectivity index (χ0) is 19.7. The fraction of sp³-hybridized carbons (Fsp3) is 1.00. The Balaban J connectivity index is 1.68. The Kier molecular flexibility index (Phi) is 5.31. The lowest BCUT2D eigenvalue weighted by Crippen LogP contribution is -2.52. The highest BCUT2D eigenvalue weighted by Gasteiger charge is 2.62. The Labute approximate surface area is 172 Å². The number of hydrogen-bond acceptors (Lipinski definition) is 0. The van der Waals surface area contributed by atoms with Gasteiger partial charge in [-0.25, -0.2) is 10.0 Å². The van der Waals surface area contributed by atoms with Crippen LogP contribution in [0.2, 0.25) is 0 Å². The van der Waals surface area contributed by atoms with Crippen LogP contribution >= 0.6 is 10.0 Å². The second kappa shape index (κ2) is 6.95. The largest absolute Gasteiger partial charge is 0.238 e. The summed E-state index contributed by atoms with van der Waals surface area (Å²) in [6.07, 6.45) is 12.0. The summed E-state index contributed by atoms with van der Waals surface area (Å²) in [5, 5.41) is 2.08. The minimum atomic E-state index is -0.361. The van der Waals surface area contributed by atoms with Crippen LogP contribution in [0.1, 0.15) is 87.0 Å². The summed E-state index contributed by atoms with van der Waals surface area (Å²) in [4.78, 5) is 0. The van der Waals surface area contributed by atoms with Gasteiger partial charge in [0.2, 0.25) is 0 Å². The van der Waals surface area contributed by atoms with Crippen molar-refractivity contribution < 1.29 is 0 Å². The van der Waals surface area contributed by atoms with Crippen molar-refractivity contribution in [1.82, 2.24) is 0 Å². The molecule has 158 valence electrons. The molecule has 11 atom stereocenters. The molecular formula is C26H48S. The Morgan fingerprint density at radius 1 is 0.926 bits per heavy atom. The van der Waals surface area contributed by atoms with Crippen LogP contribution in [-0.4, -0.2) is 22.5 Å². The molecule has 0 aromatic rings. The van der Waals surface area contributed by atoms with E-state index in [2.05, 4.69) is 54.7 Å². The molecule has 1 heteroatoms. The van der Waals surface area contributed by atoms with Crippen molar-refractivity contribution in [3.63, 3.8) is 0 Å². The molecule has 2 heterocycles. The number of rotatable bonds is 3. The Morgan fingerprint density at radius 3 is 2.15 bits per heavy atom. The summed E-state index contributed by atoms with van der Waals surface area (Å²) in [7, 11) is -0.361. The molecule has 4 rings (SSSR count). The fourth-order valence-corrected chi connectivity index (χ4v) is 13.2. The van der Waals surface area contributed by atoms with Gasteiger partial charge >= 0.3 is 0 Å². The predicted octanol–water partition coefficient (Wildman–Crippen LogP) is 7.61. The van der Waals surface area contributed by atoms with Crippen molar-refractivity contribution >= 4 is 10.0 Å². The topological polar surface area (TPSA) is 0 Å². The van der Waals surface area contributed by atoms with Crippen molar-refractivity contribution in [3.8, 4) is 0 Å². The van der Waals surface area contributed by atoms with Gasteiger partial charge in [-0.1, -0.05) is 48.5 Å². The van der Waals surface area contributed by atoms with E-state index in [0.29, 0.717) is 0 Å². The second-order valence-corrected chi connectivity index (χ2v) is 16.6. The SMILES string of the molecule is CC(C)CC12CCC1CC(C)C2C1CC(C)S2(C)CCC2C(C)C(C)C1C. The van der Waals surface area contributed by atoms with Crippen molar-refractivity contribution in [2.75, 3.05) is 12.0 Å². The maximum absolute atomic E-state index is 2.75. The summed E-state index contributed by atoms with van der Waals surface area (Å²) in [5.74, 6) is 9.29. The molecule has 0 radical (unpaired) electrons. The van der Waals surface area contributed by atoms with Crippen LogP contribution in [0.3, 0.4) is 0 Å². The molecule has 2 aliphatic carbocycles. The van der Waals surface area contributed by atoms with E-state index < -0.39 is 0 Å². The van der Waals surface area contributed by atoms with Crippen LogP contribution in [0, 0.1) is 52.8 Å². The van der Waals surface area contributed by atoms with Gasteiger partial charge in [0.05, 0.1) is 0 Å². The highest BCUT2D eigenvalue weighted by molar-refractivity contribution is 8.35. The van der Waals surface area contributed by atoms with Gasteiger partial charge in [-0.05, 0) is 114 Å². The van der Waals surface area contributed by atoms with Gasteiger partial charge in [0, 0.05) is 0 Å². The van der Waals surface area contributed by atoms with Gasteiger partial charge in [0.1, 0.15) is 0 Å². The van der Waals surface area contributed by atoms with Crippen molar-refractivity contribution in [3.05, 3.63) is 0 Å². The molecule has 0 amide bonds. The van der Waals surface area contributed by atoms with Gasteiger partial charge < -0.3 is 0 Å².